The Morgan fingerprint density at radius 1 is 1.33 bits per heavy atom. The average Bonchev–Trinajstić information content (AvgIpc) is 3.16. The van der Waals surface area contributed by atoms with E-state index in [2.05, 4.69) is 36.0 Å². The van der Waals surface area contributed by atoms with Crippen LogP contribution in [0.2, 0.25) is 0 Å². The summed E-state index contributed by atoms with van der Waals surface area (Å²) in [7, 11) is 0. The summed E-state index contributed by atoms with van der Waals surface area (Å²) in [5.74, 6) is -0.914. The quantitative estimate of drug-likeness (QED) is 0.919. The molecule has 1 fully saturated rings. The molecule has 0 radical (unpaired) electrons. The van der Waals surface area contributed by atoms with E-state index in [0.29, 0.717) is 0 Å². The molecule has 0 bridgehead atoms. The van der Waals surface area contributed by atoms with Crippen molar-refractivity contribution in [3.8, 4) is 0 Å². The van der Waals surface area contributed by atoms with Crippen molar-refractivity contribution in [2.24, 2.45) is 0 Å². The number of hydrogen-bond acceptors (Lipinski definition) is 6. The molecule has 0 unspecified atom stereocenters. The first-order chi connectivity index (χ1) is 11.3. The van der Waals surface area contributed by atoms with E-state index in [4.69, 9.17) is 14.2 Å². The Bertz CT molecular complexity index is 705. The predicted octanol–water partition coefficient (Wildman–Crippen LogP) is 3.04. The molecule has 3 heterocycles. The lowest BCUT2D eigenvalue weighted by Gasteiger charge is -2.31. The molecule has 130 valence electrons. The molecule has 0 saturated carbocycles. The lowest BCUT2D eigenvalue weighted by atomic mass is 9.89. The molecule has 3 rings (SSSR count). The Hall–Kier alpha value is -2.15. The van der Waals surface area contributed by atoms with Gasteiger partial charge < -0.3 is 14.2 Å². The Morgan fingerprint density at radius 2 is 2.04 bits per heavy atom. The number of piperidine rings is 1. The average molecular weight is 333 g/mol. The Kier molecular flexibility index (Phi) is 4.45. The maximum Gasteiger partial charge on any atom is 0.374 e. The van der Waals surface area contributed by atoms with Gasteiger partial charge in [0.05, 0.1) is 11.4 Å². The lowest BCUT2D eigenvalue weighted by molar-refractivity contribution is 0.0651. The molecule has 0 aromatic carbocycles. The van der Waals surface area contributed by atoms with Crippen molar-refractivity contribution in [1.29, 1.82) is 0 Å². The van der Waals surface area contributed by atoms with Crippen LogP contribution in [-0.2, 0) is 12.0 Å². The molecule has 7 heteroatoms. The molecular weight excluding hydrogens is 310 g/mol. The monoisotopic (exact) mass is 333 g/mol. The molecule has 1 aliphatic rings. The molecule has 1 N–H and O–H groups in total. The van der Waals surface area contributed by atoms with Crippen LogP contribution in [-0.4, -0.2) is 39.4 Å². The highest BCUT2D eigenvalue weighted by Gasteiger charge is 2.27. The summed E-state index contributed by atoms with van der Waals surface area (Å²) < 4.78 is 10.0. The number of nitrogens with zero attached hydrogens (tertiary/aromatic N) is 3. The molecule has 0 amide bonds. The normalized spacial score (nSPS) is 17.3. The van der Waals surface area contributed by atoms with Gasteiger partial charge in [0.1, 0.15) is 6.26 Å². The smallest absolute Gasteiger partial charge is 0.374 e. The first kappa shape index (κ1) is 16.7. The third-order valence-electron chi connectivity index (χ3n) is 4.49. The third kappa shape index (κ3) is 3.51. The molecule has 2 aromatic heterocycles. The predicted molar refractivity (Wildman–Crippen MR) is 85.9 cm³/mol. The zero-order chi connectivity index (χ0) is 17.3. The molecule has 7 nitrogen and oxygen atoms in total. The van der Waals surface area contributed by atoms with E-state index in [0.717, 1.165) is 49.4 Å². The summed E-state index contributed by atoms with van der Waals surface area (Å²) in [6.45, 7) is 9.06. The highest BCUT2D eigenvalue weighted by atomic mass is 16.5. The van der Waals surface area contributed by atoms with Crippen molar-refractivity contribution in [2.45, 2.75) is 51.5 Å². The largest absolute Gasteiger partial charge is 0.475 e. The summed E-state index contributed by atoms with van der Waals surface area (Å²) in [5.41, 5.74) is 2.85. The van der Waals surface area contributed by atoms with Gasteiger partial charge in [0.15, 0.2) is 0 Å². The number of aromatic nitrogens is 2. The molecular formula is C17H23N3O4. The number of likely N-dealkylation sites (tertiary alicyclic amines) is 1. The fraction of sp³-hybridized carbons (Fsp3) is 0.588. The van der Waals surface area contributed by atoms with Gasteiger partial charge in [-0.25, -0.2) is 4.79 Å². The SMILES string of the molecule is CC(C)(C)c1nocc1CN1CCC(c2cc(C(=O)O)on2)CC1. The highest BCUT2D eigenvalue weighted by molar-refractivity contribution is 5.84. The van der Waals surface area contributed by atoms with Crippen molar-refractivity contribution in [3.05, 3.63) is 35.0 Å². The minimum absolute atomic E-state index is 0.0331. The Balaban J connectivity index is 1.59. The minimum Gasteiger partial charge on any atom is -0.475 e. The van der Waals surface area contributed by atoms with E-state index in [1.165, 1.54) is 0 Å². The van der Waals surface area contributed by atoms with Crippen molar-refractivity contribution in [3.63, 3.8) is 0 Å². The third-order valence-corrected chi connectivity index (χ3v) is 4.49. The summed E-state index contributed by atoms with van der Waals surface area (Å²) in [5, 5.41) is 17.0. The van der Waals surface area contributed by atoms with Gasteiger partial charge in [0.2, 0.25) is 5.76 Å². The molecule has 0 spiro atoms. The topological polar surface area (TPSA) is 92.6 Å². The van der Waals surface area contributed by atoms with Crippen molar-refractivity contribution in [2.75, 3.05) is 13.1 Å². The second kappa shape index (κ2) is 6.39. The van der Waals surface area contributed by atoms with E-state index in [9.17, 15) is 4.79 Å². The first-order valence-electron chi connectivity index (χ1n) is 8.20. The highest BCUT2D eigenvalue weighted by Crippen LogP contribution is 2.30. The van der Waals surface area contributed by atoms with Crippen LogP contribution in [0, 0.1) is 0 Å². The number of hydrogen-bond donors (Lipinski definition) is 1. The van der Waals surface area contributed by atoms with Crippen LogP contribution in [0.4, 0.5) is 0 Å². The zero-order valence-corrected chi connectivity index (χ0v) is 14.3. The number of rotatable bonds is 4. The summed E-state index contributed by atoms with van der Waals surface area (Å²) in [4.78, 5) is 13.3. The fourth-order valence-electron chi connectivity index (χ4n) is 3.20. The standard InChI is InChI=1S/C17H23N3O4/c1-17(2,3)15-12(10-23-19-15)9-20-6-4-11(5-7-20)13-8-14(16(21)22)24-18-13/h8,10-11H,4-7,9H2,1-3H3,(H,21,22). The Morgan fingerprint density at radius 3 is 2.62 bits per heavy atom. The summed E-state index contributed by atoms with van der Waals surface area (Å²) in [6.07, 6.45) is 3.60. The van der Waals surface area contributed by atoms with Crippen LogP contribution in [0.25, 0.3) is 0 Å². The number of carbonyl (C=O) groups is 1. The van der Waals surface area contributed by atoms with E-state index >= 15 is 0 Å². The Labute approximate surface area is 140 Å². The number of carboxylic acid groups (broad SMARTS) is 1. The first-order valence-corrected chi connectivity index (χ1v) is 8.20. The van der Waals surface area contributed by atoms with Crippen LogP contribution in [0.3, 0.4) is 0 Å². The van der Waals surface area contributed by atoms with Crippen LogP contribution in [0.1, 0.15) is 67.0 Å². The summed E-state index contributed by atoms with van der Waals surface area (Å²) in [6, 6.07) is 1.54. The van der Waals surface area contributed by atoms with Crippen LogP contribution in [0.5, 0.6) is 0 Å². The van der Waals surface area contributed by atoms with E-state index < -0.39 is 5.97 Å². The lowest BCUT2D eigenvalue weighted by Crippen LogP contribution is -2.33. The maximum absolute atomic E-state index is 10.9. The van der Waals surface area contributed by atoms with Gasteiger partial charge in [-0.2, -0.15) is 0 Å². The minimum atomic E-state index is -1.08. The zero-order valence-electron chi connectivity index (χ0n) is 14.3. The van der Waals surface area contributed by atoms with E-state index in [1.807, 2.05) is 0 Å². The van der Waals surface area contributed by atoms with Crippen LogP contribution < -0.4 is 0 Å². The van der Waals surface area contributed by atoms with Crippen molar-refractivity contribution >= 4 is 5.97 Å². The van der Waals surface area contributed by atoms with E-state index in [-0.39, 0.29) is 17.1 Å². The number of carboxylic acids is 1. The van der Waals surface area contributed by atoms with Gasteiger partial charge in [-0.05, 0) is 25.9 Å². The second-order valence-corrected chi connectivity index (χ2v) is 7.41. The molecule has 0 aliphatic carbocycles. The van der Waals surface area contributed by atoms with Crippen LogP contribution >= 0.6 is 0 Å². The maximum atomic E-state index is 10.9. The van der Waals surface area contributed by atoms with Gasteiger partial charge in [0, 0.05) is 29.5 Å². The number of aromatic carboxylic acids is 1. The molecule has 1 aliphatic heterocycles. The molecule has 1 saturated heterocycles. The van der Waals surface area contributed by atoms with Gasteiger partial charge in [-0.1, -0.05) is 31.1 Å². The van der Waals surface area contributed by atoms with Gasteiger partial charge >= 0.3 is 5.97 Å². The second-order valence-electron chi connectivity index (χ2n) is 7.41. The van der Waals surface area contributed by atoms with Gasteiger partial charge in [0.25, 0.3) is 0 Å². The van der Waals surface area contributed by atoms with Gasteiger partial charge in [-0.3, -0.25) is 4.90 Å². The van der Waals surface area contributed by atoms with E-state index in [1.54, 1.807) is 12.3 Å². The fourth-order valence-corrected chi connectivity index (χ4v) is 3.20. The van der Waals surface area contributed by atoms with Crippen molar-refractivity contribution in [1.82, 2.24) is 15.2 Å². The summed E-state index contributed by atoms with van der Waals surface area (Å²) >= 11 is 0. The van der Waals surface area contributed by atoms with Crippen molar-refractivity contribution < 1.29 is 18.9 Å². The molecule has 2 aromatic rings. The molecule has 0 atom stereocenters. The van der Waals surface area contributed by atoms with Gasteiger partial charge in [-0.15, -0.1) is 0 Å². The molecule has 24 heavy (non-hydrogen) atoms. The van der Waals surface area contributed by atoms with Crippen LogP contribution in [0.15, 0.2) is 21.4 Å².